The van der Waals surface area contributed by atoms with Crippen molar-refractivity contribution in [1.82, 2.24) is 0 Å². The summed E-state index contributed by atoms with van der Waals surface area (Å²) >= 11 is 0. The zero-order chi connectivity index (χ0) is 20.9. The second-order valence-electron chi connectivity index (χ2n) is 5.68. The number of esters is 1. The summed E-state index contributed by atoms with van der Waals surface area (Å²) in [7, 11) is 2.80. The smallest absolute Gasteiger partial charge is 0.418 e. The third-order valence-electron chi connectivity index (χ3n) is 3.73. The van der Waals surface area contributed by atoms with E-state index in [1.165, 1.54) is 45.4 Å². The van der Waals surface area contributed by atoms with E-state index in [2.05, 4.69) is 5.32 Å². The lowest BCUT2D eigenvalue weighted by molar-refractivity contribution is -0.137. The average Bonchev–Trinajstić information content (AvgIpc) is 2.66. The Kier molecular flexibility index (Phi) is 6.50. The van der Waals surface area contributed by atoms with Crippen LogP contribution in [0.5, 0.6) is 11.5 Å². The lowest BCUT2D eigenvalue weighted by Crippen LogP contribution is -2.30. The molecular formula is C19H18F3NO5. The quantitative estimate of drug-likeness (QED) is 0.749. The Hall–Kier alpha value is -3.23. The van der Waals surface area contributed by atoms with Gasteiger partial charge in [-0.15, -0.1) is 0 Å². The number of benzene rings is 2. The van der Waals surface area contributed by atoms with E-state index in [9.17, 15) is 22.8 Å². The number of methoxy groups -OCH3 is 2. The Balaban J connectivity index is 2.12. The van der Waals surface area contributed by atoms with E-state index < -0.39 is 35.4 Å². The molecule has 0 heterocycles. The molecule has 2 rings (SSSR count). The molecule has 0 saturated heterocycles. The Morgan fingerprint density at radius 3 is 2.11 bits per heavy atom. The van der Waals surface area contributed by atoms with E-state index in [0.717, 1.165) is 12.1 Å². The first kappa shape index (κ1) is 21.1. The van der Waals surface area contributed by atoms with Crippen LogP contribution in [0.15, 0.2) is 42.5 Å². The van der Waals surface area contributed by atoms with Gasteiger partial charge in [0, 0.05) is 6.07 Å². The lowest BCUT2D eigenvalue weighted by Gasteiger charge is -2.17. The van der Waals surface area contributed by atoms with Crippen molar-refractivity contribution < 1.29 is 37.0 Å². The molecule has 0 spiro atoms. The summed E-state index contributed by atoms with van der Waals surface area (Å²) in [6.45, 7) is 1.25. The molecule has 150 valence electrons. The Morgan fingerprint density at radius 2 is 1.57 bits per heavy atom. The minimum Gasteiger partial charge on any atom is -0.497 e. The van der Waals surface area contributed by atoms with Crippen LogP contribution in [-0.4, -0.2) is 32.2 Å². The molecule has 2 aromatic carbocycles. The number of hydrogen-bond acceptors (Lipinski definition) is 5. The van der Waals surface area contributed by atoms with Gasteiger partial charge in [-0.25, -0.2) is 4.79 Å². The summed E-state index contributed by atoms with van der Waals surface area (Å²) in [5, 5.41) is 2.13. The van der Waals surface area contributed by atoms with Crippen molar-refractivity contribution in [2.24, 2.45) is 0 Å². The van der Waals surface area contributed by atoms with Gasteiger partial charge < -0.3 is 19.5 Å². The van der Waals surface area contributed by atoms with Gasteiger partial charge in [0.2, 0.25) is 0 Å². The molecule has 0 aromatic heterocycles. The maximum absolute atomic E-state index is 13.0. The molecule has 0 fully saturated rings. The highest BCUT2D eigenvalue weighted by molar-refractivity contribution is 5.98. The van der Waals surface area contributed by atoms with Crippen LogP contribution >= 0.6 is 0 Å². The third kappa shape index (κ3) is 5.15. The lowest BCUT2D eigenvalue weighted by atomic mass is 10.1. The molecule has 0 aliphatic heterocycles. The first-order chi connectivity index (χ1) is 13.2. The van der Waals surface area contributed by atoms with Crippen LogP contribution in [-0.2, 0) is 15.7 Å². The number of anilines is 1. The zero-order valence-corrected chi connectivity index (χ0v) is 15.3. The van der Waals surface area contributed by atoms with Gasteiger partial charge in [0.1, 0.15) is 11.5 Å². The Labute approximate surface area is 159 Å². The van der Waals surface area contributed by atoms with Crippen molar-refractivity contribution in [3.05, 3.63) is 53.6 Å². The van der Waals surface area contributed by atoms with E-state index in [1.807, 2.05) is 0 Å². The zero-order valence-electron chi connectivity index (χ0n) is 15.3. The fraction of sp³-hybridized carbons (Fsp3) is 0.263. The normalized spacial score (nSPS) is 12.1. The molecule has 1 atom stereocenters. The van der Waals surface area contributed by atoms with Crippen LogP contribution < -0.4 is 14.8 Å². The molecule has 0 radical (unpaired) electrons. The highest BCUT2D eigenvalue weighted by Gasteiger charge is 2.34. The largest absolute Gasteiger partial charge is 0.497 e. The first-order valence-electron chi connectivity index (χ1n) is 8.07. The fourth-order valence-electron chi connectivity index (χ4n) is 2.28. The molecule has 0 bridgehead atoms. The molecule has 6 nitrogen and oxygen atoms in total. The highest BCUT2D eigenvalue weighted by Crippen LogP contribution is 2.34. The maximum atomic E-state index is 13.0. The van der Waals surface area contributed by atoms with Gasteiger partial charge in [0.15, 0.2) is 6.10 Å². The van der Waals surface area contributed by atoms with Crippen molar-refractivity contribution in [2.75, 3.05) is 19.5 Å². The predicted octanol–water partition coefficient (Wildman–Crippen LogP) is 3.91. The summed E-state index contributed by atoms with van der Waals surface area (Å²) in [5.74, 6) is -1.09. The summed E-state index contributed by atoms with van der Waals surface area (Å²) in [5.41, 5.74) is -1.36. The van der Waals surface area contributed by atoms with Crippen molar-refractivity contribution in [2.45, 2.75) is 19.2 Å². The van der Waals surface area contributed by atoms with Crippen LogP contribution in [0.2, 0.25) is 0 Å². The molecule has 9 heteroatoms. The van der Waals surface area contributed by atoms with E-state index >= 15 is 0 Å². The standard InChI is InChI=1S/C19H18F3NO5/c1-11(17(24)23-16-7-5-4-6-15(16)19(20,21)22)28-18(25)12-8-13(26-2)10-14(9-12)27-3/h4-11H,1-3H3,(H,23,24)/t11-/m1/s1. The summed E-state index contributed by atoms with van der Waals surface area (Å²) in [6.07, 6.45) is -5.98. The van der Waals surface area contributed by atoms with Crippen LogP contribution in [0.1, 0.15) is 22.8 Å². The number of hydrogen-bond donors (Lipinski definition) is 1. The van der Waals surface area contributed by atoms with Crippen molar-refractivity contribution in [1.29, 1.82) is 0 Å². The fourth-order valence-corrected chi connectivity index (χ4v) is 2.28. The monoisotopic (exact) mass is 397 g/mol. The molecule has 0 saturated carbocycles. The first-order valence-corrected chi connectivity index (χ1v) is 8.07. The molecule has 0 aliphatic carbocycles. The number of carbonyl (C=O) groups excluding carboxylic acids is 2. The average molecular weight is 397 g/mol. The molecule has 28 heavy (non-hydrogen) atoms. The predicted molar refractivity (Wildman–Crippen MR) is 94.5 cm³/mol. The summed E-state index contributed by atoms with van der Waals surface area (Å²) < 4.78 is 54.2. The second-order valence-corrected chi connectivity index (χ2v) is 5.68. The number of carbonyl (C=O) groups is 2. The Morgan fingerprint density at radius 1 is 1.00 bits per heavy atom. The molecular weight excluding hydrogens is 379 g/mol. The molecule has 2 aromatic rings. The molecule has 0 aliphatic rings. The van der Waals surface area contributed by atoms with Gasteiger partial charge in [-0.05, 0) is 31.2 Å². The van der Waals surface area contributed by atoms with Gasteiger partial charge in [-0.2, -0.15) is 13.2 Å². The Bertz CT molecular complexity index is 845. The number of alkyl halides is 3. The number of rotatable bonds is 6. The van der Waals surface area contributed by atoms with Crippen molar-refractivity contribution in [3.63, 3.8) is 0 Å². The van der Waals surface area contributed by atoms with Crippen molar-refractivity contribution in [3.8, 4) is 11.5 Å². The van der Waals surface area contributed by atoms with Crippen molar-refractivity contribution >= 4 is 17.6 Å². The number of amides is 1. The topological polar surface area (TPSA) is 73.9 Å². The highest BCUT2D eigenvalue weighted by atomic mass is 19.4. The summed E-state index contributed by atoms with van der Waals surface area (Å²) in [4.78, 5) is 24.5. The van der Waals surface area contributed by atoms with Crippen LogP contribution in [0, 0.1) is 0 Å². The van der Waals surface area contributed by atoms with Gasteiger partial charge in [-0.1, -0.05) is 12.1 Å². The van der Waals surface area contributed by atoms with E-state index in [4.69, 9.17) is 14.2 Å². The minimum absolute atomic E-state index is 0.0616. The minimum atomic E-state index is -4.64. The van der Waals surface area contributed by atoms with Gasteiger partial charge in [0.25, 0.3) is 5.91 Å². The van der Waals surface area contributed by atoms with Crippen LogP contribution in [0.4, 0.5) is 18.9 Å². The number of nitrogens with one attached hydrogen (secondary N) is 1. The van der Waals surface area contributed by atoms with Gasteiger partial charge in [-0.3, -0.25) is 4.79 Å². The van der Waals surface area contributed by atoms with E-state index in [1.54, 1.807) is 6.07 Å². The third-order valence-corrected chi connectivity index (χ3v) is 3.73. The maximum Gasteiger partial charge on any atom is 0.418 e. The van der Waals surface area contributed by atoms with Crippen LogP contribution in [0.3, 0.4) is 0 Å². The number of para-hydroxylation sites is 1. The number of halogens is 3. The summed E-state index contributed by atoms with van der Waals surface area (Å²) in [6, 6.07) is 8.82. The molecule has 0 unspecified atom stereocenters. The number of ether oxygens (including phenoxy) is 3. The van der Waals surface area contributed by atoms with E-state index in [0.29, 0.717) is 11.5 Å². The van der Waals surface area contributed by atoms with E-state index in [-0.39, 0.29) is 5.56 Å². The molecule has 1 N–H and O–H groups in total. The second kappa shape index (κ2) is 8.64. The van der Waals surface area contributed by atoms with Gasteiger partial charge in [0.05, 0.1) is 31.0 Å². The SMILES string of the molecule is COc1cc(OC)cc(C(=O)O[C@H](C)C(=O)Nc2ccccc2C(F)(F)F)c1. The van der Waals surface area contributed by atoms with Crippen LogP contribution in [0.25, 0.3) is 0 Å². The molecule has 1 amide bonds. The van der Waals surface area contributed by atoms with Gasteiger partial charge >= 0.3 is 12.1 Å².